The maximum absolute atomic E-state index is 12.7. The standard InChI is InChI=1S/C10H10ClFN2/c1-7(14-5-4-13)9-3-2-8(12)6-10(9)11/h2-3,6-7,14H,5H2,1H3. The van der Waals surface area contributed by atoms with E-state index in [1.807, 2.05) is 13.0 Å². The van der Waals surface area contributed by atoms with Crippen LogP contribution in [0.15, 0.2) is 18.2 Å². The number of nitrogens with zero attached hydrogens (tertiary/aromatic N) is 1. The van der Waals surface area contributed by atoms with Crippen molar-refractivity contribution in [3.05, 3.63) is 34.6 Å². The highest BCUT2D eigenvalue weighted by Crippen LogP contribution is 2.23. The fourth-order valence-electron chi connectivity index (χ4n) is 1.16. The van der Waals surface area contributed by atoms with Gasteiger partial charge in [-0.25, -0.2) is 4.39 Å². The minimum Gasteiger partial charge on any atom is -0.298 e. The van der Waals surface area contributed by atoms with Gasteiger partial charge in [-0.2, -0.15) is 5.26 Å². The average Bonchev–Trinajstić information content (AvgIpc) is 2.14. The number of nitriles is 1. The van der Waals surface area contributed by atoms with Crippen molar-refractivity contribution in [3.63, 3.8) is 0 Å². The quantitative estimate of drug-likeness (QED) is 0.782. The number of hydrogen-bond acceptors (Lipinski definition) is 2. The van der Waals surface area contributed by atoms with E-state index in [0.717, 1.165) is 5.56 Å². The smallest absolute Gasteiger partial charge is 0.124 e. The highest BCUT2D eigenvalue weighted by Gasteiger charge is 2.08. The van der Waals surface area contributed by atoms with Crippen molar-refractivity contribution in [1.82, 2.24) is 5.32 Å². The lowest BCUT2D eigenvalue weighted by Crippen LogP contribution is -2.18. The first-order chi connectivity index (χ1) is 6.65. The SMILES string of the molecule is CC(NCC#N)c1ccc(F)cc1Cl. The summed E-state index contributed by atoms with van der Waals surface area (Å²) in [4.78, 5) is 0. The highest BCUT2D eigenvalue weighted by atomic mass is 35.5. The first kappa shape index (κ1) is 11.0. The Kier molecular flexibility index (Phi) is 3.87. The average molecular weight is 213 g/mol. The predicted molar refractivity (Wildman–Crippen MR) is 53.4 cm³/mol. The Morgan fingerprint density at radius 3 is 2.93 bits per heavy atom. The topological polar surface area (TPSA) is 35.8 Å². The summed E-state index contributed by atoms with van der Waals surface area (Å²) in [7, 11) is 0. The van der Waals surface area contributed by atoms with Crippen molar-refractivity contribution in [1.29, 1.82) is 5.26 Å². The molecule has 1 aromatic rings. The maximum atomic E-state index is 12.7. The first-order valence-corrected chi connectivity index (χ1v) is 4.58. The second-order valence-electron chi connectivity index (χ2n) is 2.93. The van der Waals surface area contributed by atoms with Crippen LogP contribution in [0.1, 0.15) is 18.5 Å². The Bertz CT molecular complexity index is 360. The van der Waals surface area contributed by atoms with Crippen molar-refractivity contribution < 1.29 is 4.39 Å². The third-order valence-corrected chi connectivity index (χ3v) is 2.24. The molecule has 1 aromatic carbocycles. The van der Waals surface area contributed by atoms with Gasteiger partial charge < -0.3 is 0 Å². The first-order valence-electron chi connectivity index (χ1n) is 4.20. The molecule has 0 aliphatic rings. The van der Waals surface area contributed by atoms with E-state index in [9.17, 15) is 4.39 Å². The highest BCUT2D eigenvalue weighted by molar-refractivity contribution is 6.31. The van der Waals surface area contributed by atoms with Crippen LogP contribution in [0, 0.1) is 17.1 Å². The lowest BCUT2D eigenvalue weighted by atomic mass is 10.1. The molecule has 0 heterocycles. The van der Waals surface area contributed by atoms with Gasteiger partial charge in [0.25, 0.3) is 0 Å². The van der Waals surface area contributed by atoms with E-state index in [2.05, 4.69) is 5.32 Å². The van der Waals surface area contributed by atoms with Gasteiger partial charge >= 0.3 is 0 Å². The molecule has 1 unspecified atom stereocenters. The number of rotatable bonds is 3. The molecule has 0 amide bonds. The Labute approximate surface area is 87.3 Å². The molecule has 74 valence electrons. The monoisotopic (exact) mass is 212 g/mol. The molecule has 1 N–H and O–H groups in total. The molecule has 0 bridgehead atoms. The Morgan fingerprint density at radius 2 is 2.36 bits per heavy atom. The lowest BCUT2D eigenvalue weighted by Gasteiger charge is -2.13. The Hall–Kier alpha value is -1.11. The van der Waals surface area contributed by atoms with Gasteiger partial charge in [0.2, 0.25) is 0 Å². The lowest BCUT2D eigenvalue weighted by molar-refractivity contribution is 0.608. The minimum atomic E-state index is -0.355. The predicted octanol–water partition coefficient (Wildman–Crippen LogP) is 2.65. The number of nitrogens with one attached hydrogen (secondary N) is 1. The largest absolute Gasteiger partial charge is 0.298 e. The van der Waals surface area contributed by atoms with E-state index in [-0.39, 0.29) is 18.4 Å². The summed E-state index contributed by atoms with van der Waals surface area (Å²) in [5.74, 6) is -0.355. The summed E-state index contributed by atoms with van der Waals surface area (Å²) >= 11 is 5.84. The van der Waals surface area contributed by atoms with E-state index in [0.29, 0.717) is 5.02 Å². The Morgan fingerprint density at radius 1 is 1.64 bits per heavy atom. The van der Waals surface area contributed by atoms with Gasteiger partial charge in [0.1, 0.15) is 5.82 Å². The van der Waals surface area contributed by atoms with Crippen molar-refractivity contribution >= 4 is 11.6 Å². The van der Waals surface area contributed by atoms with Crippen LogP contribution in [-0.2, 0) is 0 Å². The van der Waals surface area contributed by atoms with Crippen molar-refractivity contribution in [2.24, 2.45) is 0 Å². The van der Waals surface area contributed by atoms with E-state index in [1.54, 1.807) is 6.07 Å². The fourth-order valence-corrected chi connectivity index (χ4v) is 1.49. The number of hydrogen-bond donors (Lipinski definition) is 1. The van der Waals surface area contributed by atoms with Crippen LogP contribution >= 0.6 is 11.6 Å². The third-order valence-electron chi connectivity index (χ3n) is 1.92. The Balaban J connectivity index is 2.80. The minimum absolute atomic E-state index is 0.0530. The fraction of sp³-hybridized carbons (Fsp3) is 0.300. The molecule has 1 atom stereocenters. The van der Waals surface area contributed by atoms with Crippen molar-refractivity contribution in [3.8, 4) is 6.07 Å². The molecule has 14 heavy (non-hydrogen) atoms. The zero-order valence-corrected chi connectivity index (χ0v) is 8.48. The molecule has 0 radical (unpaired) electrons. The molecule has 0 saturated heterocycles. The normalized spacial score (nSPS) is 12.1. The third kappa shape index (κ3) is 2.69. The molecule has 0 saturated carbocycles. The molecular weight excluding hydrogens is 203 g/mol. The summed E-state index contributed by atoms with van der Waals surface area (Å²) in [5, 5.41) is 11.7. The summed E-state index contributed by atoms with van der Waals surface area (Å²) in [5.41, 5.74) is 0.795. The van der Waals surface area contributed by atoms with E-state index in [4.69, 9.17) is 16.9 Å². The number of benzene rings is 1. The zero-order chi connectivity index (χ0) is 10.6. The van der Waals surface area contributed by atoms with Gasteiger partial charge in [-0.15, -0.1) is 0 Å². The summed E-state index contributed by atoms with van der Waals surface area (Å²) < 4.78 is 12.7. The molecule has 4 heteroatoms. The van der Waals surface area contributed by atoms with Gasteiger partial charge in [0.15, 0.2) is 0 Å². The second-order valence-corrected chi connectivity index (χ2v) is 3.33. The van der Waals surface area contributed by atoms with Gasteiger partial charge in [-0.3, -0.25) is 5.32 Å². The number of halogens is 2. The van der Waals surface area contributed by atoms with E-state index in [1.165, 1.54) is 12.1 Å². The van der Waals surface area contributed by atoms with Gasteiger partial charge in [0, 0.05) is 11.1 Å². The summed E-state index contributed by atoms with van der Waals surface area (Å²) in [6, 6.07) is 6.15. The summed E-state index contributed by atoms with van der Waals surface area (Å²) in [6.07, 6.45) is 0. The molecule has 0 aliphatic heterocycles. The zero-order valence-electron chi connectivity index (χ0n) is 7.72. The second kappa shape index (κ2) is 4.94. The van der Waals surface area contributed by atoms with Crippen molar-refractivity contribution in [2.45, 2.75) is 13.0 Å². The van der Waals surface area contributed by atoms with Gasteiger partial charge in [-0.1, -0.05) is 17.7 Å². The molecule has 0 spiro atoms. The molecular formula is C10H10ClFN2. The molecule has 0 aromatic heterocycles. The maximum Gasteiger partial charge on any atom is 0.124 e. The van der Waals surface area contributed by atoms with E-state index < -0.39 is 0 Å². The van der Waals surface area contributed by atoms with Crippen LogP contribution in [0.2, 0.25) is 5.02 Å². The molecule has 2 nitrogen and oxygen atoms in total. The van der Waals surface area contributed by atoms with Gasteiger partial charge in [-0.05, 0) is 24.6 Å². The molecule has 0 fully saturated rings. The molecule has 1 rings (SSSR count). The van der Waals surface area contributed by atoms with Crippen LogP contribution in [0.4, 0.5) is 4.39 Å². The van der Waals surface area contributed by atoms with E-state index >= 15 is 0 Å². The van der Waals surface area contributed by atoms with Crippen LogP contribution in [0.3, 0.4) is 0 Å². The van der Waals surface area contributed by atoms with Crippen molar-refractivity contribution in [2.75, 3.05) is 6.54 Å². The summed E-state index contributed by atoms with van der Waals surface area (Å²) in [6.45, 7) is 2.12. The molecule has 0 aliphatic carbocycles. The van der Waals surface area contributed by atoms with Crippen LogP contribution < -0.4 is 5.32 Å². The van der Waals surface area contributed by atoms with Gasteiger partial charge in [0.05, 0.1) is 12.6 Å². The van der Waals surface area contributed by atoms with Crippen LogP contribution in [0.25, 0.3) is 0 Å². The van der Waals surface area contributed by atoms with Crippen LogP contribution in [0.5, 0.6) is 0 Å². The van der Waals surface area contributed by atoms with Crippen LogP contribution in [-0.4, -0.2) is 6.54 Å².